The van der Waals surface area contributed by atoms with Crippen LogP contribution in [0.4, 0.5) is 10.2 Å². The van der Waals surface area contributed by atoms with Crippen LogP contribution in [0.15, 0.2) is 29.1 Å². The molecule has 2 saturated heterocycles. The fourth-order valence-electron chi connectivity index (χ4n) is 4.37. The van der Waals surface area contributed by atoms with Gasteiger partial charge in [-0.3, -0.25) is 4.79 Å². The molecule has 9 heteroatoms. The Hall–Kier alpha value is -2.55. The second-order valence-electron chi connectivity index (χ2n) is 8.36. The van der Waals surface area contributed by atoms with Crippen molar-refractivity contribution in [3.63, 3.8) is 0 Å². The van der Waals surface area contributed by atoms with Gasteiger partial charge in [-0.2, -0.15) is 0 Å². The van der Waals surface area contributed by atoms with Crippen molar-refractivity contribution in [3.05, 3.63) is 56.7 Å². The summed E-state index contributed by atoms with van der Waals surface area (Å²) in [4.78, 5) is 24.6. The zero-order valence-electron chi connectivity index (χ0n) is 18.0. The Morgan fingerprint density at radius 3 is 2.78 bits per heavy atom. The second-order valence-corrected chi connectivity index (χ2v) is 8.80. The number of hydrogen-bond donors (Lipinski definition) is 0. The molecule has 0 saturated carbocycles. The molecule has 0 N–H and O–H groups in total. The third-order valence-corrected chi connectivity index (χ3v) is 6.58. The van der Waals surface area contributed by atoms with Gasteiger partial charge in [-0.1, -0.05) is 11.6 Å². The molecule has 2 unspecified atom stereocenters. The van der Waals surface area contributed by atoms with Gasteiger partial charge in [0.1, 0.15) is 17.3 Å². The van der Waals surface area contributed by atoms with E-state index in [4.69, 9.17) is 26.1 Å². The first-order chi connectivity index (χ1) is 15.4. The van der Waals surface area contributed by atoms with Crippen LogP contribution >= 0.6 is 11.6 Å². The molecule has 2 aromatic heterocycles. The van der Waals surface area contributed by atoms with Gasteiger partial charge in [-0.05, 0) is 38.5 Å². The molecule has 32 heavy (non-hydrogen) atoms. The molecule has 0 aliphatic carbocycles. The van der Waals surface area contributed by atoms with E-state index in [1.54, 1.807) is 32.0 Å². The van der Waals surface area contributed by atoms with Crippen molar-refractivity contribution in [1.29, 1.82) is 0 Å². The summed E-state index contributed by atoms with van der Waals surface area (Å²) in [6.45, 7) is 6.81. The molecular weight excluding hydrogens is 435 g/mol. The first-order valence-corrected chi connectivity index (χ1v) is 11.1. The summed E-state index contributed by atoms with van der Waals surface area (Å²) in [5.74, 6) is 0.643. The van der Waals surface area contributed by atoms with E-state index in [-0.39, 0.29) is 28.1 Å². The van der Waals surface area contributed by atoms with E-state index in [0.29, 0.717) is 54.9 Å². The normalized spacial score (nSPS) is 21.4. The van der Waals surface area contributed by atoms with E-state index >= 15 is 0 Å². The molecule has 4 heterocycles. The maximum Gasteiger partial charge on any atom is 0.262 e. The van der Waals surface area contributed by atoms with Crippen LogP contribution in [-0.4, -0.2) is 53.4 Å². The summed E-state index contributed by atoms with van der Waals surface area (Å²) in [7, 11) is 0. The smallest absolute Gasteiger partial charge is 0.262 e. The summed E-state index contributed by atoms with van der Waals surface area (Å²) in [5.41, 5.74) is 1.50. The summed E-state index contributed by atoms with van der Waals surface area (Å²) < 4.78 is 27.8. The summed E-state index contributed by atoms with van der Waals surface area (Å²) in [6, 6.07) is 6.15. The van der Waals surface area contributed by atoms with E-state index in [9.17, 15) is 9.18 Å². The Morgan fingerprint density at radius 2 is 2.03 bits per heavy atom. The van der Waals surface area contributed by atoms with Crippen molar-refractivity contribution >= 4 is 23.1 Å². The maximum atomic E-state index is 14.9. The highest BCUT2D eigenvalue weighted by Gasteiger charge is 2.32. The highest BCUT2D eigenvalue weighted by atomic mass is 35.5. The average molecular weight is 459 g/mol. The molecule has 0 spiro atoms. The van der Waals surface area contributed by atoms with Crippen LogP contribution in [0.25, 0.3) is 17.0 Å². The number of aromatic nitrogens is 3. The Morgan fingerprint density at radius 1 is 1.19 bits per heavy atom. The number of aryl methyl sites for hydroxylation is 1. The predicted molar refractivity (Wildman–Crippen MR) is 120 cm³/mol. The van der Waals surface area contributed by atoms with Crippen molar-refractivity contribution in [3.8, 4) is 11.4 Å². The molecule has 2 aliphatic rings. The molecule has 2 aliphatic heterocycles. The van der Waals surface area contributed by atoms with Crippen LogP contribution in [0.3, 0.4) is 0 Å². The minimum Gasteiger partial charge on any atom is -0.381 e. The highest BCUT2D eigenvalue weighted by Crippen LogP contribution is 2.29. The van der Waals surface area contributed by atoms with E-state index in [1.165, 1.54) is 10.5 Å². The number of morpholine rings is 1. The number of ether oxygens (including phenoxy) is 2. The largest absolute Gasteiger partial charge is 0.381 e. The summed E-state index contributed by atoms with van der Waals surface area (Å²) in [5, 5.41) is 0.277. The number of halogens is 2. The van der Waals surface area contributed by atoms with Crippen LogP contribution < -0.4 is 10.5 Å². The Balaban J connectivity index is 1.66. The molecule has 2 atom stereocenters. The molecule has 168 valence electrons. The number of benzene rings is 1. The fourth-order valence-corrected chi connectivity index (χ4v) is 4.53. The van der Waals surface area contributed by atoms with Crippen LogP contribution in [0.5, 0.6) is 0 Å². The number of anilines is 1. The van der Waals surface area contributed by atoms with E-state index < -0.39 is 5.82 Å². The average Bonchev–Trinajstić information content (AvgIpc) is 3.32. The van der Waals surface area contributed by atoms with Crippen molar-refractivity contribution in [1.82, 2.24) is 14.4 Å². The third-order valence-electron chi connectivity index (χ3n) is 6.35. The Bertz CT molecular complexity index is 1240. The molecule has 0 amide bonds. The summed E-state index contributed by atoms with van der Waals surface area (Å²) >= 11 is 5.96. The quantitative estimate of drug-likeness (QED) is 0.599. The van der Waals surface area contributed by atoms with Crippen molar-refractivity contribution < 1.29 is 13.9 Å². The highest BCUT2D eigenvalue weighted by molar-refractivity contribution is 6.30. The predicted octanol–water partition coefficient (Wildman–Crippen LogP) is 3.41. The van der Waals surface area contributed by atoms with Gasteiger partial charge in [0.05, 0.1) is 24.9 Å². The maximum absolute atomic E-state index is 14.9. The van der Waals surface area contributed by atoms with Gasteiger partial charge in [0.15, 0.2) is 5.82 Å². The molecule has 2 fully saturated rings. The SMILES string of the molecule is Cc1nc2cc(N3CCOC(C4CCOC4)C3)nc(-c3ccc(Cl)cc3F)n2c(=O)c1C. The lowest BCUT2D eigenvalue weighted by Gasteiger charge is -2.36. The number of nitrogens with zero attached hydrogens (tertiary/aromatic N) is 4. The lowest BCUT2D eigenvalue weighted by atomic mass is 10.0. The van der Waals surface area contributed by atoms with Crippen LogP contribution in [0.1, 0.15) is 17.7 Å². The monoisotopic (exact) mass is 458 g/mol. The minimum atomic E-state index is -0.545. The van der Waals surface area contributed by atoms with Gasteiger partial charge >= 0.3 is 0 Å². The molecule has 1 aromatic carbocycles. The van der Waals surface area contributed by atoms with Gasteiger partial charge in [0.2, 0.25) is 0 Å². The van der Waals surface area contributed by atoms with Gasteiger partial charge in [-0.15, -0.1) is 0 Å². The zero-order valence-corrected chi connectivity index (χ0v) is 18.7. The molecule has 3 aromatic rings. The standard InChI is InChI=1S/C23H24ClFN4O3/c1-13-14(2)26-21-10-20(28-6-8-32-19(11-28)15-5-7-31-12-15)27-22(29(21)23(13)30)17-4-3-16(24)9-18(17)25/h3-4,9-10,15,19H,5-8,11-12H2,1-2H3. The van der Waals surface area contributed by atoms with Crippen molar-refractivity contribution in [2.45, 2.75) is 26.4 Å². The first kappa shape index (κ1) is 21.3. The van der Waals surface area contributed by atoms with E-state index in [0.717, 1.165) is 13.0 Å². The molecule has 7 nitrogen and oxygen atoms in total. The van der Waals surface area contributed by atoms with Crippen LogP contribution in [0.2, 0.25) is 5.02 Å². The number of hydrogen-bond acceptors (Lipinski definition) is 6. The second kappa shape index (κ2) is 8.42. The first-order valence-electron chi connectivity index (χ1n) is 10.7. The minimum absolute atomic E-state index is 0.0369. The Labute approximate surface area is 189 Å². The topological polar surface area (TPSA) is 69.0 Å². The molecule has 5 rings (SSSR count). The van der Waals surface area contributed by atoms with Crippen LogP contribution in [0, 0.1) is 25.6 Å². The lowest BCUT2D eigenvalue weighted by Crippen LogP contribution is -2.46. The van der Waals surface area contributed by atoms with Gasteiger partial charge in [0.25, 0.3) is 5.56 Å². The van der Waals surface area contributed by atoms with Crippen LogP contribution in [-0.2, 0) is 9.47 Å². The van der Waals surface area contributed by atoms with E-state index in [2.05, 4.69) is 9.88 Å². The zero-order chi connectivity index (χ0) is 22.4. The lowest BCUT2D eigenvalue weighted by molar-refractivity contribution is -0.00145. The molecule has 0 radical (unpaired) electrons. The van der Waals surface area contributed by atoms with Gasteiger partial charge in [-0.25, -0.2) is 18.8 Å². The fraction of sp³-hybridized carbons (Fsp3) is 0.435. The molecule has 0 bridgehead atoms. The van der Waals surface area contributed by atoms with Crippen molar-refractivity contribution in [2.24, 2.45) is 5.92 Å². The Kier molecular flexibility index (Phi) is 5.61. The molecular formula is C23H24ClFN4O3. The summed E-state index contributed by atoms with van der Waals surface area (Å²) in [6.07, 6.45) is 1.01. The van der Waals surface area contributed by atoms with Crippen molar-refractivity contribution in [2.75, 3.05) is 37.8 Å². The third kappa shape index (κ3) is 3.76. The van der Waals surface area contributed by atoms with Gasteiger partial charge < -0.3 is 14.4 Å². The number of fused-ring (bicyclic) bond motifs is 1. The van der Waals surface area contributed by atoms with E-state index in [1.807, 2.05) is 0 Å². The number of rotatable bonds is 3. The van der Waals surface area contributed by atoms with Gasteiger partial charge in [0, 0.05) is 48.0 Å².